The maximum absolute atomic E-state index is 5.91. The fraction of sp³-hybridized carbons (Fsp3) is 0. The highest BCUT2D eigenvalue weighted by atomic mass is 16.3. The van der Waals surface area contributed by atoms with Crippen molar-refractivity contribution in [3.63, 3.8) is 0 Å². The summed E-state index contributed by atoms with van der Waals surface area (Å²) < 4.78 is 5.24. The van der Waals surface area contributed by atoms with Gasteiger partial charge in [0, 0.05) is 46.0 Å². The van der Waals surface area contributed by atoms with Crippen LogP contribution in [0.4, 0.5) is 5.69 Å². The summed E-state index contributed by atoms with van der Waals surface area (Å²) in [6.45, 7) is 0. The number of nitrogens with two attached hydrogens (primary N) is 1. The summed E-state index contributed by atoms with van der Waals surface area (Å²) in [6.07, 6.45) is 8.59. The summed E-state index contributed by atoms with van der Waals surface area (Å²) in [5, 5.41) is 9.72. The molecule has 0 saturated heterocycles. The van der Waals surface area contributed by atoms with E-state index in [1.165, 1.54) is 0 Å². The molecule has 0 aliphatic rings. The number of aromatic nitrogens is 5. The van der Waals surface area contributed by atoms with Crippen molar-refractivity contribution < 1.29 is 4.42 Å². The lowest BCUT2D eigenvalue weighted by Gasteiger charge is -2.03. The van der Waals surface area contributed by atoms with Crippen LogP contribution >= 0.6 is 0 Å². The lowest BCUT2D eigenvalue weighted by Crippen LogP contribution is -1.87. The molecule has 0 amide bonds. The highest BCUT2D eigenvalue weighted by molar-refractivity contribution is 6.00. The van der Waals surface area contributed by atoms with Crippen LogP contribution in [0, 0.1) is 0 Å². The molecule has 7 heteroatoms. The molecule has 0 atom stereocenters. The van der Waals surface area contributed by atoms with E-state index in [0.717, 1.165) is 55.6 Å². The van der Waals surface area contributed by atoms with Gasteiger partial charge in [0.05, 0.1) is 35.1 Å². The Balaban J connectivity index is 1.52. The zero-order valence-corrected chi connectivity index (χ0v) is 15.8. The molecule has 0 aliphatic heterocycles. The third-order valence-corrected chi connectivity index (χ3v) is 5.25. The number of hydrogen-bond acceptors (Lipinski definition) is 5. The van der Waals surface area contributed by atoms with Crippen LogP contribution in [-0.2, 0) is 0 Å². The molecule has 0 radical (unpaired) electrons. The van der Waals surface area contributed by atoms with E-state index >= 15 is 0 Å². The molecular formula is C23H16N6O. The number of benzene rings is 1. The Hall–Kier alpha value is -4.39. The average Bonchev–Trinajstić information content (AvgIpc) is 3.51. The van der Waals surface area contributed by atoms with Crippen molar-refractivity contribution in [2.24, 2.45) is 0 Å². The monoisotopic (exact) mass is 392 g/mol. The number of H-pyrrole nitrogens is 2. The third kappa shape index (κ3) is 2.56. The van der Waals surface area contributed by atoms with Crippen molar-refractivity contribution in [1.82, 2.24) is 25.1 Å². The molecular weight excluding hydrogens is 376 g/mol. The molecule has 0 aliphatic carbocycles. The average molecular weight is 392 g/mol. The largest absolute Gasteiger partial charge is 0.472 e. The number of nitrogen functional groups attached to an aromatic ring is 1. The highest BCUT2D eigenvalue weighted by Gasteiger charge is 2.15. The van der Waals surface area contributed by atoms with Gasteiger partial charge in [0.25, 0.3) is 0 Å². The minimum atomic E-state index is 0.634. The summed E-state index contributed by atoms with van der Waals surface area (Å²) >= 11 is 0. The van der Waals surface area contributed by atoms with Crippen LogP contribution in [0.2, 0.25) is 0 Å². The van der Waals surface area contributed by atoms with Crippen LogP contribution in [0.25, 0.3) is 55.6 Å². The SMILES string of the molecule is Nc1cncc(-c2ccc3[nH]nc(-c4cc5c(-c6ccoc6)nccc5[nH]4)c3c2)c1. The molecule has 0 fully saturated rings. The van der Waals surface area contributed by atoms with Crippen molar-refractivity contribution in [3.8, 4) is 33.8 Å². The van der Waals surface area contributed by atoms with Crippen LogP contribution in [0.1, 0.15) is 0 Å². The molecule has 7 nitrogen and oxygen atoms in total. The first-order valence-corrected chi connectivity index (χ1v) is 9.46. The van der Waals surface area contributed by atoms with Gasteiger partial charge in [-0.3, -0.25) is 15.1 Å². The summed E-state index contributed by atoms with van der Waals surface area (Å²) in [7, 11) is 0. The first-order chi connectivity index (χ1) is 14.8. The molecule has 0 bridgehead atoms. The molecule has 1 aromatic carbocycles. The van der Waals surface area contributed by atoms with Crippen molar-refractivity contribution in [3.05, 3.63) is 73.6 Å². The van der Waals surface area contributed by atoms with E-state index in [1.807, 2.05) is 36.5 Å². The van der Waals surface area contributed by atoms with E-state index in [1.54, 1.807) is 24.9 Å². The Bertz CT molecular complexity index is 1510. The van der Waals surface area contributed by atoms with Gasteiger partial charge >= 0.3 is 0 Å². The van der Waals surface area contributed by atoms with Gasteiger partial charge in [0.15, 0.2) is 0 Å². The number of fused-ring (bicyclic) bond motifs is 2. The molecule has 6 rings (SSSR count). The standard InChI is InChI=1S/C23H16N6O/c24-16-7-15(10-25-11-16)13-1-2-20-17(8-13)23(29-28-20)21-9-18-19(27-21)3-5-26-22(18)14-4-6-30-12-14/h1-12,27H,24H2,(H,28,29). The topological polar surface area (TPSA) is 109 Å². The summed E-state index contributed by atoms with van der Waals surface area (Å²) in [5.41, 5.74) is 14.1. The lowest BCUT2D eigenvalue weighted by molar-refractivity contribution is 0.568. The van der Waals surface area contributed by atoms with E-state index in [-0.39, 0.29) is 0 Å². The van der Waals surface area contributed by atoms with Gasteiger partial charge in [-0.15, -0.1) is 0 Å². The zero-order valence-electron chi connectivity index (χ0n) is 15.8. The number of nitrogens with zero attached hydrogens (tertiary/aromatic N) is 3. The van der Waals surface area contributed by atoms with Gasteiger partial charge in [-0.1, -0.05) is 6.07 Å². The van der Waals surface area contributed by atoms with E-state index < -0.39 is 0 Å². The number of rotatable bonds is 3. The molecule has 4 N–H and O–H groups in total. The third-order valence-electron chi connectivity index (χ3n) is 5.25. The maximum Gasteiger partial charge on any atom is 0.116 e. The normalized spacial score (nSPS) is 11.5. The van der Waals surface area contributed by atoms with Crippen LogP contribution in [0.3, 0.4) is 0 Å². The van der Waals surface area contributed by atoms with Crippen LogP contribution in [0.15, 0.2) is 78.0 Å². The minimum Gasteiger partial charge on any atom is -0.472 e. The van der Waals surface area contributed by atoms with E-state index in [4.69, 9.17) is 10.2 Å². The smallest absolute Gasteiger partial charge is 0.116 e. The first kappa shape index (κ1) is 16.6. The first-order valence-electron chi connectivity index (χ1n) is 9.46. The predicted molar refractivity (Wildman–Crippen MR) is 117 cm³/mol. The predicted octanol–water partition coefficient (Wildman–Crippen LogP) is 5.01. The van der Waals surface area contributed by atoms with E-state index in [0.29, 0.717) is 5.69 Å². The second-order valence-electron chi connectivity index (χ2n) is 7.16. The fourth-order valence-electron chi connectivity index (χ4n) is 3.83. The van der Waals surface area contributed by atoms with Crippen molar-refractivity contribution in [2.45, 2.75) is 0 Å². The van der Waals surface area contributed by atoms with Crippen molar-refractivity contribution in [1.29, 1.82) is 0 Å². The molecule has 0 unspecified atom stereocenters. The summed E-state index contributed by atoms with van der Waals surface area (Å²) in [4.78, 5) is 12.2. The Morgan fingerprint density at radius 3 is 2.63 bits per heavy atom. The quantitative estimate of drug-likeness (QED) is 0.392. The van der Waals surface area contributed by atoms with Crippen LogP contribution in [-0.4, -0.2) is 25.1 Å². The second kappa shape index (κ2) is 6.31. The number of anilines is 1. The molecule has 0 spiro atoms. The summed E-state index contributed by atoms with van der Waals surface area (Å²) in [5.74, 6) is 0. The molecule has 0 saturated carbocycles. The lowest BCUT2D eigenvalue weighted by atomic mass is 10.0. The van der Waals surface area contributed by atoms with Crippen molar-refractivity contribution >= 4 is 27.5 Å². The maximum atomic E-state index is 5.91. The van der Waals surface area contributed by atoms with Gasteiger partial charge in [-0.2, -0.15) is 5.10 Å². The molecule has 30 heavy (non-hydrogen) atoms. The molecule has 144 valence electrons. The van der Waals surface area contributed by atoms with Gasteiger partial charge in [-0.05, 0) is 42.0 Å². The Morgan fingerprint density at radius 1 is 0.833 bits per heavy atom. The number of furan rings is 1. The van der Waals surface area contributed by atoms with Crippen molar-refractivity contribution in [2.75, 3.05) is 5.73 Å². The highest BCUT2D eigenvalue weighted by Crippen LogP contribution is 2.34. The van der Waals surface area contributed by atoms with Gasteiger partial charge < -0.3 is 15.1 Å². The van der Waals surface area contributed by atoms with Gasteiger partial charge in [-0.25, -0.2) is 0 Å². The van der Waals surface area contributed by atoms with Crippen LogP contribution in [0.5, 0.6) is 0 Å². The second-order valence-corrected chi connectivity index (χ2v) is 7.16. The fourth-order valence-corrected chi connectivity index (χ4v) is 3.83. The molecule has 5 aromatic heterocycles. The van der Waals surface area contributed by atoms with E-state index in [2.05, 4.69) is 37.3 Å². The molecule has 6 aromatic rings. The Labute approximate surface area is 170 Å². The number of aromatic amines is 2. The zero-order chi connectivity index (χ0) is 20.1. The minimum absolute atomic E-state index is 0.634. The number of nitrogens with one attached hydrogen (secondary N) is 2. The Morgan fingerprint density at radius 2 is 1.77 bits per heavy atom. The Kier molecular flexibility index (Phi) is 3.48. The number of pyridine rings is 2. The molecule has 5 heterocycles. The van der Waals surface area contributed by atoms with Gasteiger partial charge in [0.1, 0.15) is 5.69 Å². The van der Waals surface area contributed by atoms with E-state index in [9.17, 15) is 0 Å². The number of hydrogen-bond donors (Lipinski definition) is 3. The van der Waals surface area contributed by atoms with Crippen LogP contribution < -0.4 is 5.73 Å². The van der Waals surface area contributed by atoms with Gasteiger partial charge in [0.2, 0.25) is 0 Å². The summed E-state index contributed by atoms with van der Waals surface area (Å²) in [6, 6.07) is 14.0.